The van der Waals surface area contributed by atoms with Crippen LogP contribution < -0.4 is 0 Å². The minimum absolute atomic E-state index is 0.180. The number of aryl methyl sites for hydroxylation is 1. The van der Waals surface area contributed by atoms with Crippen molar-refractivity contribution < 1.29 is 9.90 Å². The molecular weight excluding hydrogens is 466 g/mol. The number of urea groups is 1. The van der Waals surface area contributed by atoms with Gasteiger partial charge in [-0.05, 0) is 69.2 Å². The molecule has 5 fully saturated rings. The third-order valence-corrected chi connectivity index (χ3v) is 9.37. The summed E-state index contributed by atoms with van der Waals surface area (Å²) in [5, 5.41) is 22.3. The molecule has 3 saturated carbocycles. The van der Waals surface area contributed by atoms with Gasteiger partial charge < -0.3 is 14.9 Å². The fourth-order valence-electron chi connectivity index (χ4n) is 6.61. The van der Waals surface area contributed by atoms with Gasteiger partial charge in [-0.2, -0.15) is 10.2 Å². The van der Waals surface area contributed by atoms with Gasteiger partial charge >= 0.3 is 6.03 Å². The lowest BCUT2D eigenvalue weighted by Crippen LogP contribution is -2.67. The highest BCUT2D eigenvalue weighted by Crippen LogP contribution is 2.56. The van der Waals surface area contributed by atoms with Crippen molar-refractivity contribution in [2.75, 3.05) is 26.2 Å². The molecule has 4 heterocycles. The van der Waals surface area contributed by atoms with Crippen molar-refractivity contribution in [3.05, 3.63) is 58.9 Å². The summed E-state index contributed by atoms with van der Waals surface area (Å²) in [4.78, 5) is 21.6. The van der Waals surface area contributed by atoms with Gasteiger partial charge in [0.25, 0.3) is 0 Å². The lowest BCUT2D eigenvalue weighted by atomic mass is 9.57. The Bertz CT molecular complexity index is 1360. The number of nitrogens with one attached hydrogen (secondary N) is 1. The molecule has 2 saturated heterocycles. The quantitative estimate of drug-likeness (QED) is 0.559. The average molecular weight is 500 g/mol. The number of H-pyrrole nitrogens is 1. The first-order chi connectivity index (χ1) is 17.9. The number of nitrogens with zero attached hydrogens (tertiary/aromatic N) is 6. The predicted octanol–water partition coefficient (Wildman–Crippen LogP) is 3.56. The number of aromatic amines is 1. The van der Waals surface area contributed by atoms with Gasteiger partial charge in [0, 0.05) is 55.0 Å². The molecule has 0 atom stereocenters. The van der Waals surface area contributed by atoms with Crippen molar-refractivity contribution in [3.8, 4) is 5.69 Å². The summed E-state index contributed by atoms with van der Waals surface area (Å²) in [6, 6.07) is 11.1. The van der Waals surface area contributed by atoms with Crippen molar-refractivity contribution in [2.45, 2.75) is 68.8 Å². The van der Waals surface area contributed by atoms with E-state index in [2.05, 4.69) is 57.1 Å². The van der Waals surface area contributed by atoms with E-state index in [1.807, 2.05) is 9.80 Å². The molecule has 0 radical (unpaired) electrons. The van der Waals surface area contributed by atoms with Gasteiger partial charge in [0.1, 0.15) is 11.4 Å². The topological polar surface area (TPSA) is 103 Å². The van der Waals surface area contributed by atoms with Crippen LogP contribution in [-0.2, 0) is 5.60 Å². The van der Waals surface area contributed by atoms with Crippen molar-refractivity contribution in [1.82, 2.24) is 34.8 Å². The monoisotopic (exact) mass is 499 g/mol. The van der Waals surface area contributed by atoms with Crippen LogP contribution in [0.15, 0.2) is 30.3 Å². The first-order valence-electron chi connectivity index (χ1n) is 13.7. The number of aliphatic hydroxyl groups is 1. The number of rotatable bonds is 5. The van der Waals surface area contributed by atoms with Crippen LogP contribution in [0.2, 0.25) is 0 Å². The molecule has 9 nitrogen and oxygen atoms in total. The van der Waals surface area contributed by atoms with Gasteiger partial charge in [0.2, 0.25) is 0 Å². The minimum Gasteiger partial charge on any atom is -0.382 e. The lowest BCUT2D eigenvalue weighted by molar-refractivity contribution is -0.0602. The molecule has 5 aliphatic rings. The number of hydrogen-bond acceptors (Lipinski definition) is 5. The lowest BCUT2D eigenvalue weighted by Gasteiger charge is -2.59. The molecule has 3 aliphatic carbocycles. The van der Waals surface area contributed by atoms with Crippen molar-refractivity contribution in [2.24, 2.45) is 5.41 Å². The maximum absolute atomic E-state index is 13.0. The summed E-state index contributed by atoms with van der Waals surface area (Å²) in [5.41, 5.74) is 4.27. The number of amides is 2. The molecule has 1 aromatic carbocycles. The molecule has 0 unspecified atom stereocenters. The summed E-state index contributed by atoms with van der Waals surface area (Å²) in [6.45, 7) is 5.39. The summed E-state index contributed by atoms with van der Waals surface area (Å²) in [6.07, 6.45) is 6.12. The maximum Gasteiger partial charge on any atom is 0.320 e. The molecule has 192 valence electrons. The van der Waals surface area contributed by atoms with E-state index in [-0.39, 0.29) is 11.4 Å². The van der Waals surface area contributed by atoms with Crippen LogP contribution in [-0.4, -0.2) is 72.1 Å². The number of carbonyl (C=O) groups is 1. The van der Waals surface area contributed by atoms with Gasteiger partial charge in [-0.25, -0.2) is 14.5 Å². The van der Waals surface area contributed by atoms with Crippen LogP contribution >= 0.6 is 0 Å². The Labute approximate surface area is 215 Å². The molecule has 8 rings (SSSR count). The highest BCUT2D eigenvalue weighted by molar-refractivity contribution is 5.77. The predicted molar refractivity (Wildman–Crippen MR) is 135 cm³/mol. The van der Waals surface area contributed by atoms with Crippen LogP contribution in [0.4, 0.5) is 4.79 Å². The van der Waals surface area contributed by atoms with Crippen LogP contribution in [0.3, 0.4) is 0 Å². The molecule has 37 heavy (non-hydrogen) atoms. The van der Waals surface area contributed by atoms with Gasteiger partial charge in [0.05, 0.1) is 11.4 Å². The average Bonchev–Trinajstić information content (AvgIpc) is 3.70. The molecule has 1 spiro atoms. The Morgan fingerprint density at radius 2 is 1.76 bits per heavy atom. The standard InChI is InChI=1S/C28H33N7O2/c1-17-10-23(19-2-3-19)32-35(17)22-6-4-18(5-7-22)21-13-33(14-21)26(36)34-15-27(16-34)11-20(12-27)24-29-25(31-30-24)28(37)8-9-28/h4-7,10,19-21,37H,2-3,8-9,11-16H2,1H3,(H,29,30,31). The first kappa shape index (κ1) is 21.8. The van der Waals surface area contributed by atoms with Crippen LogP contribution in [0.25, 0.3) is 5.69 Å². The number of likely N-dealkylation sites (tertiary alicyclic amines) is 2. The van der Waals surface area contributed by atoms with E-state index in [0.29, 0.717) is 23.6 Å². The fourth-order valence-corrected chi connectivity index (χ4v) is 6.61. The van der Waals surface area contributed by atoms with Gasteiger partial charge in [-0.3, -0.25) is 5.10 Å². The number of carbonyl (C=O) groups excluding carboxylic acids is 1. The van der Waals surface area contributed by atoms with Crippen LogP contribution in [0.1, 0.15) is 84.9 Å². The summed E-state index contributed by atoms with van der Waals surface area (Å²) in [7, 11) is 0. The number of aromatic nitrogens is 5. The Hall–Kier alpha value is -3.20. The van der Waals surface area contributed by atoms with Crippen LogP contribution in [0.5, 0.6) is 0 Å². The highest BCUT2D eigenvalue weighted by atomic mass is 16.3. The molecule has 2 aromatic heterocycles. The third kappa shape index (κ3) is 3.54. The normalized spacial score (nSPS) is 24.1. The Morgan fingerprint density at radius 3 is 2.43 bits per heavy atom. The second-order valence-corrected chi connectivity index (χ2v) is 12.4. The van der Waals surface area contributed by atoms with E-state index >= 15 is 0 Å². The zero-order valence-electron chi connectivity index (χ0n) is 21.2. The van der Waals surface area contributed by atoms with E-state index in [9.17, 15) is 9.90 Å². The minimum atomic E-state index is -0.786. The Morgan fingerprint density at radius 1 is 1.03 bits per heavy atom. The largest absolute Gasteiger partial charge is 0.382 e. The SMILES string of the molecule is Cc1cc(C2CC2)nn1-c1ccc(C2CN(C(=O)N3CC4(CC(c5nc(C6(O)CC6)n[nH]5)C4)C3)C2)cc1. The molecular formula is C28H33N7O2. The first-order valence-corrected chi connectivity index (χ1v) is 13.7. The van der Waals surface area contributed by atoms with E-state index in [4.69, 9.17) is 5.10 Å². The summed E-state index contributed by atoms with van der Waals surface area (Å²) >= 11 is 0. The summed E-state index contributed by atoms with van der Waals surface area (Å²) < 4.78 is 2.05. The van der Waals surface area contributed by atoms with Gasteiger partial charge in [0.15, 0.2) is 5.82 Å². The molecule has 2 N–H and O–H groups in total. The zero-order valence-corrected chi connectivity index (χ0v) is 21.2. The van der Waals surface area contributed by atoms with Crippen molar-refractivity contribution >= 4 is 6.03 Å². The highest BCUT2D eigenvalue weighted by Gasteiger charge is 2.56. The second kappa shape index (κ2) is 7.43. The summed E-state index contributed by atoms with van der Waals surface area (Å²) in [5.74, 6) is 2.88. The van der Waals surface area contributed by atoms with E-state index in [1.54, 1.807) is 0 Å². The number of benzene rings is 1. The van der Waals surface area contributed by atoms with Gasteiger partial charge in [-0.15, -0.1) is 0 Å². The Balaban J connectivity index is 0.827. The molecule has 0 bridgehead atoms. The third-order valence-electron chi connectivity index (χ3n) is 9.37. The number of hydrogen-bond donors (Lipinski definition) is 2. The van der Waals surface area contributed by atoms with Crippen LogP contribution in [0, 0.1) is 12.3 Å². The molecule has 3 aromatic rings. The van der Waals surface area contributed by atoms with Crippen molar-refractivity contribution in [3.63, 3.8) is 0 Å². The van der Waals surface area contributed by atoms with E-state index < -0.39 is 5.60 Å². The zero-order chi connectivity index (χ0) is 24.9. The fraction of sp³-hybridized carbons (Fsp3) is 0.571. The second-order valence-electron chi connectivity index (χ2n) is 12.4. The smallest absolute Gasteiger partial charge is 0.320 e. The molecule has 9 heteroatoms. The maximum atomic E-state index is 13.0. The van der Waals surface area contributed by atoms with E-state index in [1.165, 1.54) is 29.8 Å². The van der Waals surface area contributed by atoms with E-state index in [0.717, 1.165) is 63.4 Å². The molecule has 2 amide bonds. The van der Waals surface area contributed by atoms with Crippen molar-refractivity contribution in [1.29, 1.82) is 0 Å². The Kier molecular flexibility index (Phi) is 4.39. The molecule has 2 aliphatic heterocycles. The van der Waals surface area contributed by atoms with Gasteiger partial charge in [-0.1, -0.05) is 12.1 Å².